The second-order valence-corrected chi connectivity index (χ2v) is 4.87. The maximum absolute atomic E-state index is 11.3. The van der Waals surface area contributed by atoms with Crippen LogP contribution >= 0.6 is 0 Å². The second-order valence-electron chi connectivity index (χ2n) is 4.87. The first-order chi connectivity index (χ1) is 10.8. The molecule has 0 saturated carbocycles. The van der Waals surface area contributed by atoms with Crippen molar-refractivity contribution in [1.82, 2.24) is 14.6 Å². The summed E-state index contributed by atoms with van der Waals surface area (Å²) in [7, 11) is 0. The van der Waals surface area contributed by atoms with E-state index in [1.54, 1.807) is 0 Å². The Morgan fingerprint density at radius 3 is 2.50 bits per heavy atom. The van der Waals surface area contributed by atoms with Crippen molar-refractivity contribution in [2.45, 2.75) is 0 Å². The van der Waals surface area contributed by atoms with Crippen molar-refractivity contribution in [3.63, 3.8) is 0 Å². The van der Waals surface area contributed by atoms with Gasteiger partial charge in [-0.05, 0) is 6.07 Å². The molecule has 0 aliphatic heterocycles. The van der Waals surface area contributed by atoms with Gasteiger partial charge < -0.3 is 0 Å². The maximum atomic E-state index is 11.3. The number of nitrogens with zero attached hydrogens (tertiary/aromatic N) is 4. The monoisotopic (exact) mass is 290 g/mol. The lowest BCUT2D eigenvalue weighted by Crippen LogP contribution is -1.99. The summed E-state index contributed by atoms with van der Waals surface area (Å²) < 4.78 is 1.54. The number of aromatic nitrogens is 3. The summed E-state index contributed by atoms with van der Waals surface area (Å²) in [6, 6.07) is 16.9. The van der Waals surface area contributed by atoms with E-state index in [1.807, 2.05) is 54.6 Å². The second kappa shape index (κ2) is 4.63. The highest BCUT2D eigenvalue weighted by Gasteiger charge is 2.21. The van der Waals surface area contributed by atoms with E-state index in [4.69, 9.17) is 0 Å². The molecule has 0 radical (unpaired) electrons. The number of rotatable bonds is 2. The van der Waals surface area contributed by atoms with Crippen LogP contribution in [0.1, 0.15) is 0 Å². The van der Waals surface area contributed by atoms with Crippen LogP contribution in [0, 0.1) is 10.1 Å². The third kappa shape index (κ3) is 1.74. The van der Waals surface area contributed by atoms with Crippen LogP contribution in [0.3, 0.4) is 0 Å². The van der Waals surface area contributed by atoms with Gasteiger partial charge in [0.25, 0.3) is 0 Å². The number of fused-ring (bicyclic) bond motifs is 3. The lowest BCUT2D eigenvalue weighted by Gasteiger charge is -2.07. The van der Waals surface area contributed by atoms with E-state index in [1.165, 1.54) is 10.7 Å². The van der Waals surface area contributed by atoms with Crippen LogP contribution in [-0.2, 0) is 0 Å². The average Bonchev–Trinajstić information content (AvgIpc) is 3.00. The Kier molecular flexibility index (Phi) is 2.62. The normalized spacial score (nSPS) is 11.1. The van der Waals surface area contributed by atoms with Gasteiger partial charge in [0.05, 0.1) is 10.4 Å². The highest BCUT2D eigenvalue weighted by molar-refractivity contribution is 5.99. The third-order valence-electron chi connectivity index (χ3n) is 3.56. The first-order valence-corrected chi connectivity index (χ1v) is 6.72. The summed E-state index contributed by atoms with van der Waals surface area (Å²) in [5.41, 5.74) is 2.01. The largest absolute Gasteiger partial charge is 0.315 e. The van der Waals surface area contributed by atoms with E-state index >= 15 is 0 Å². The fourth-order valence-electron chi connectivity index (χ4n) is 2.59. The summed E-state index contributed by atoms with van der Waals surface area (Å²) in [6.45, 7) is 0. The van der Waals surface area contributed by atoms with E-state index in [9.17, 15) is 10.1 Å². The van der Waals surface area contributed by atoms with Gasteiger partial charge in [-0.1, -0.05) is 48.5 Å². The molecule has 0 fully saturated rings. The fourth-order valence-corrected chi connectivity index (χ4v) is 2.59. The average molecular weight is 290 g/mol. The SMILES string of the molecule is O=[N+]([O-])c1cnn2c(-c3ccccc3)nc3ccccc3c12. The van der Waals surface area contributed by atoms with Crippen LogP contribution in [0.5, 0.6) is 0 Å². The van der Waals surface area contributed by atoms with Crippen LogP contribution in [0.4, 0.5) is 5.69 Å². The molecule has 0 aliphatic rings. The quantitative estimate of drug-likeness (QED) is 0.418. The van der Waals surface area contributed by atoms with Gasteiger partial charge in [0.2, 0.25) is 0 Å². The van der Waals surface area contributed by atoms with Crippen LogP contribution in [0.25, 0.3) is 27.8 Å². The minimum atomic E-state index is -0.413. The van der Waals surface area contributed by atoms with Crippen molar-refractivity contribution < 1.29 is 4.92 Å². The molecule has 0 N–H and O–H groups in total. The Hall–Kier alpha value is -3.28. The Balaban J connectivity index is 2.20. The molecule has 4 rings (SSSR count). The molecule has 2 aromatic heterocycles. The highest BCUT2D eigenvalue weighted by Crippen LogP contribution is 2.30. The van der Waals surface area contributed by atoms with E-state index in [2.05, 4.69) is 10.1 Å². The fraction of sp³-hybridized carbons (Fsp3) is 0. The van der Waals surface area contributed by atoms with Crippen molar-refractivity contribution in [1.29, 1.82) is 0 Å². The summed E-state index contributed by atoms with van der Waals surface area (Å²) in [5.74, 6) is 0.586. The lowest BCUT2D eigenvalue weighted by molar-refractivity contribution is -0.383. The first-order valence-electron chi connectivity index (χ1n) is 6.72. The smallest absolute Gasteiger partial charge is 0.258 e. The molecule has 2 heterocycles. The predicted octanol–water partition coefficient (Wildman–Crippen LogP) is 3.46. The molecule has 0 saturated heterocycles. The Bertz CT molecular complexity index is 1010. The molecule has 6 nitrogen and oxygen atoms in total. The van der Waals surface area contributed by atoms with Gasteiger partial charge in [-0.2, -0.15) is 5.10 Å². The summed E-state index contributed by atoms with van der Waals surface area (Å²) >= 11 is 0. The van der Waals surface area contributed by atoms with Gasteiger partial charge in [-0.3, -0.25) is 10.1 Å². The van der Waals surface area contributed by atoms with Crippen molar-refractivity contribution in [2.24, 2.45) is 0 Å². The van der Waals surface area contributed by atoms with E-state index in [0.717, 1.165) is 5.56 Å². The molecule has 0 unspecified atom stereocenters. The Labute approximate surface area is 124 Å². The molecule has 4 aromatic rings. The molecular formula is C16H10N4O2. The zero-order valence-electron chi connectivity index (χ0n) is 11.4. The number of para-hydroxylation sites is 1. The van der Waals surface area contributed by atoms with Crippen LogP contribution < -0.4 is 0 Å². The molecule has 0 spiro atoms. The van der Waals surface area contributed by atoms with Crippen LogP contribution in [-0.4, -0.2) is 19.5 Å². The first kappa shape index (κ1) is 12.5. The predicted molar refractivity (Wildman–Crippen MR) is 82.6 cm³/mol. The number of nitro groups is 1. The van der Waals surface area contributed by atoms with Crippen molar-refractivity contribution in [2.75, 3.05) is 0 Å². The molecule has 0 aliphatic carbocycles. The van der Waals surface area contributed by atoms with Gasteiger partial charge in [-0.25, -0.2) is 9.50 Å². The zero-order chi connectivity index (χ0) is 15.1. The highest BCUT2D eigenvalue weighted by atomic mass is 16.6. The number of hydrogen-bond donors (Lipinski definition) is 0. The van der Waals surface area contributed by atoms with Crippen molar-refractivity contribution >= 4 is 22.1 Å². The molecule has 22 heavy (non-hydrogen) atoms. The molecule has 106 valence electrons. The summed E-state index contributed by atoms with van der Waals surface area (Å²) in [4.78, 5) is 15.5. The van der Waals surface area contributed by atoms with E-state index in [0.29, 0.717) is 22.2 Å². The van der Waals surface area contributed by atoms with Gasteiger partial charge >= 0.3 is 5.69 Å². The molecule has 0 amide bonds. The standard InChI is InChI=1S/C16H10N4O2/c21-20(22)14-10-17-19-15(14)12-8-4-5-9-13(12)18-16(19)11-6-2-1-3-7-11/h1-10H. The summed E-state index contributed by atoms with van der Waals surface area (Å²) in [6.07, 6.45) is 1.27. The molecule has 6 heteroatoms. The molecule has 0 atom stereocenters. The van der Waals surface area contributed by atoms with Crippen LogP contribution in [0.15, 0.2) is 60.8 Å². The Morgan fingerprint density at radius 2 is 1.73 bits per heavy atom. The minimum absolute atomic E-state index is 0.0178. The third-order valence-corrected chi connectivity index (χ3v) is 3.56. The Morgan fingerprint density at radius 1 is 1.00 bits per heavy atom. The minimum Gasteiger partial charge on any atom is -0.258 e. The molecule has 2 aromatic carbocycles. The lowest BCUT2D eigenvalue weighted by atomic mass is 10.1. The summed E-state index contributed by atoms with van der Waals surface area (Å²) in [5, 5.41) is 16.2. The maximum Gasteiger partial charge on any atom is 0.315 e. The van der Waals surface area contributed by atoms with Crippen LogP contribution in [0.2, 0.25) is 0 Å². The zero-order valence-corrected chi connectivity index (χ0v) is 11.4. The molecule has 0 bridgehead atoms. The van der Waals surface area contributed by atoms with Gasteiger partial charge in [0.1, 0.15) is 6.20 Å². The van der Waals surface area contributed by atoms with Gasteiger partial charge in [0.15, 0.2) is 11.3 Å². The van der Waals surface area contributed by atoms with E-state index < -0.39 is 4.92 Å². The van der Waals surface area contributed by atoms with E-state index in [-0.39, 0.29) is 5.69 Å². The van der Waals surface area contributed by atoms with Crippen molar-refractivity contribution in [3.05, 3.63) is 70.9 Å². The van der Waals surface area contributed by atoms with Crippen molar-refractivity contribution in [3.8, 4) is 11.4 Å². The van der Waals surface area contributed by atoms with Gasteiger partial charge in [0, 0.05) is 10.9 Å². The number of benzene rings is 2. The topological polar surface area (TPSA) is 73.3 Å². The number of hydrogen-bond acceptors (Lipinski definition) is 4. The van der Waals surface area contributed by atoms with Gasteiger partial charge in [-0.15, -0.1) is 0 Å². The molecular weight excluding hydrogens is 280 g/mol.